The second-order valence-electron chi connectivity index (χ2n) is 8.27. The summed E-state index contributed by atoms with van der Waals surface area (Å²) in [7, 11) is 2.74. The number of ether oxygens (including phenoxy) is 4. The zero-order valence-corrected chi connectivity index (χ0v) is 21.9. The van der Waals surface area contributed by atoms with E-state index in [9.17, 15) is 8.42 Å². The van der Waals surface area contributed by atoms with Gasteiger partial charge in [-0.25, -0.2) is 13.4 Å². The molecule has 1 fully saturated rings. The Morgan fingerprint density at radius 2 is 1.57 bits per heavy atom. The van der Waals surface area contributed by atoms with Crippen molar-refractivity contribution in [3.63, 3.8) is 0 Å². The first kappa shape index (κ1) is 25.1. The fourth-order valence-electron chi connectivity index (χ4n) is 4.25. The average Bonchev–Trinajstić information content (AvgIpc) is 3.36. The molecule has 1 aliphatic rings. The molecule has 0 aliphatic carbocycles. The number of methoxy groups -OCH3 is 4. The van der Waals surface area contributed by atoms with Crippen LogP contribution in [0.25, 0.3) is 0 Å². The number of anilines is 1. The van der Waals surface area contributed by atoms with Gasteiger partial charge in [-0.2, -0.15) is 0 Å². The van der Waals surface area contributed by atoms with E-state index in [2.05, 4.69) is 4.90 Å². The molecule has 35 heavy (non-hydrogen) atoms. The van der Waals surface area contributed by atoms with Gasteiger partial charge in [0.1, 0.15) is 27.9 Å². The van der Waals surface area contributed by atoms with Gasteiger partial charge in [-0.1, -0.05) is 0 Å². The Bertz CT molecular complexity index is 1240. The van der Waals surface area contributed by atoms with Crippen molar-refractivity contribution < 1.29 is 27.4 Å². The zero-order chi connectivity index (χ0) is 25.0. The standard InChI is InChI=1S/C25H30N2O6S2/c1-30-19-5-6-24(23(15-19)33-4)35(28,29)22-7-9-27(10-8-22)25-26-18(16-34-25)11-17-12-20(31-2)14-21(13-17)32-3/h5-6,12-16,22H,7-11H2,1-4H3. The SMILES string of the molecule is COc1cc(Cc2csc(N3CCC(S(=O)(=O)c4ccc(OC)cc4OC)CC3)n2)cc(OC)c1. The van der Waals surface area contributed by atoms with Crippen LogP contribution in [0.2, 0.25) is 0 Å². The van der Waals surface area contributed by atoms with Gasteiger partial charge in [0.25, 0.3) is 0 Å². The van der Waals surface area contributed by atoms with Gasteiger partial charge in [0.15, 0.2) is 15.0 Å². The molecule has 0 saturated carbocycles. The topological polar surface area (TPSA) is 87.2 Å². The molecule has 2 heterocycles. The van der Waals surface area contributed by atoms with Crippen molar-refractivity contribution in [3.05, 3.63) is 53.0 Å². The molecule has 3 aromatic rings. The second kappa shape index (κ2) is 10.7. The van der Waals surface area contributed by atoms with Gasteiger partial charge in [0.2, 0.25) is 0 Å². The highest BCUT2D eigenvalue weighted by atomic mass is 32.2. The fraction of sp³-hybridized carbons (Fsp3) is 0.400. The van der Waals surface area contributed by atoms with Crippen LogP contribution in [0, 0.1) is 0 Å². The molecular weight excluding hydrogens is 488 g/mol. The first-order valence-corrected chi connectivity index (χ1v) is 13.7. The average molecular weight is 519 g/mol. The van der Waals surface area contributed by atoms with Gasteiger partial charge in [-0.15, -0.1) is 11.3 Å². The van der Waals surface area contributed by atoms with Crippen LogP contribution in [0.15, 0.2) is 46.7 Å². The molecule has 8 nitrogen and oxygen atoms in total. The molecule has 2 aromatic carbocycles. The Labute approximate surface area is 210 Å². The molecule has 0 bridgehead atoms. The van der Waals surface area contributed by atoms with Gasteiger partial charge >= 0.3 is 0 Å². The van der Waals surface area contributed by atoms with Crippen molar-refractivity contribution in [2.24, 2.45) is 0 Å². The number of nitrogens with zero attached hydrogens (tertiary/aromatic N) is 2. The van der Waals surface area contributed by atoms with Crippen molar-refractivity contribution >= 4 is 26.3 Å². The molecule has 1 aliphatic heterocycles. The summed E-state index contributed by atoms with van der Waals surface area (Å²) in [6.07, 6.45) is 1.71. The molecule has 0 N–H and O–H groups in total. The maximum Gasteiger partial charge on any atom is 0.185 e. The van der Waals surface area contributed by atoms with E-state index in [0.29, 0.717) is 43.9 Å². The Morgan fingerprint density at radius 1 is 0.914 bits per heavy atom. The summed E-state index contributed by atoms with van der Waals surface area (Å²) < 4.78 is 48.0. The summed E-state index contributed by atoms with van der Waals surface area (Å²) in [6, 6.07) is 10.6. The minimum absolute atomic E-state index is 0.213. The Hall–Kier alpha value is -2.98. The van der Waals surface area contributed by atoms with Crippen LogP contribution in [0.4, 0.5) is 5.13 Å². The minimum atomic E-state index is -3.53. The van der Waals surface area contributed by atoms with Crippen LogP contribution >= 0.6 is 11.3 Å². The molecule has 1 saturated heterocycles. The molecule has 1 aromatic heterocycles. The molecule has 0 atom stereocenters. The summed E-state index contributed by atoms with van der Waals surface area (Å²) in [4.78, 5) is 7.19. The van der Waals surface area contributed by atoms with E-state index in [1.54, 1.807) is 43.8 Å². The van der Waals surface area contributed by atoms with Crippen molar-refractivity contribution in [2.45, 2.75) is 29.4 Å². The lowest BCUT2D eigenvalue weighted by Gasteiger charge is -2.31. The molecular formula is C25H30N2O6S2. The Morgan fingerprint density at radius 3 is 2.17 bits per heavy atom. The Kier molecular flexibility index (Phi) is 7.71. The maximum absolute atomic E-state index is 13.3. The van der Waals surface area contributed by atoms with Gasteiger partial charge in [-0.05, 0) is 42.7 Å². The molecule has 10 heteroatoms. The molecule has 0 radical (unpaired) electrons. The molecule has 0 spiro atoms. The van der Waals surface area contributed by atoms with E-state index in [4.69, 9.17) is 23.9 Å². The van der Waals surface area contributed by atoms with Crippen LogP contribution < -0.4 is 23.8 Å². The number of thiazole rings is 1. The summed E-state index contributed by atoms with van der Waals surface area (Å²) in [5.41, 5.74) is 2.01. The number of rotatable bonds is 9. The first-order chi connectivity index (χ1) is 16.9. The van der Waals surface area contributed by atoms with E-state index in [1.807, 2.05) is 23.6 Å². The highest BCUT2D eigenvalue weighted by molar-refractivity contribution is 7.92. The second-order valence-corrected chi connectivity index (χ2v) is 11.3. The van der Waals surface area contributed by atoms with Crippen molar-refractivity contribution in [1.82, 2.24) is 4.98 Å². The third kappa shape index (κ3) is 5.48. The number of hydrogen-bond acceptors (Lipinski definition) is 9. The fourth-order valence-corrected chi connectivity index (χ4v) is 7.00. The highest BCUT2D eigenvalue weighted by Crippen LogP contribution is 2.35. The number of benzene rings is 2. The molecule has 0 unspecified atom stereocenters. The summed E-state index contributed by atoms with van der Waals surface area (Å²) in [5.74, 6) is 2.35. The third-order valence-corrected chi connectivity index (χ3v) is 9.41. The van der Waals surface area contributed by atoms with Gasteiger partial charge < -0.3 is 23.8 Å². The van der Waals surface area contributed by atoms with Crippen molar-refractivity contribution in [1.29, 1.82) is 0 Å². The van der Waals surface area contributed by atoms with Gasteiger partial charge in [0, 0.05) is 37.0 Å². The van der Waals surface area contributed by atoms with E-state index in [1.165, 1.54) is 14.2 Å². The quantitative estimate of drug-likeness (QED) is 0.416. The van der Waals surface area contributed by atoms with Crippen LogP contribution in [-0.4, -0.2) is 60.2 Å². The first-order valence-electron chi connectivity index (χ1n) is 11.2. The monoisotopic (exact) mass is 518 g/mol. The number of piperidine rings is 1. The van der Waals surface area contributed by atoms with E-state index in [0.717, 1.165) is 27.9 Å². The predicted octanol–water partition coefficient (Wildman–Crippen LogP) is 4.21. The lowest BCUT2D eigenvalue weighted by molar-refractivity contribution is 0.385. The molecule has 188 valence electrons. The third-order valence-electron chi connectivity index (χ3n) is 6.16. The zero-order valence-electron chi connectivity index (χ0n) is 20.3. The molecule has 0 amide bonds. The number of aromatic nitrogens is 1. The number of sulfone groups is 1. The van der Waals surface area contributed by atoms with Crippen molar-refractivity contribution in [2.75, 3.05) is 46.4 Å². The number of hydrogen-bond donors (Lipinski definition) is 0. The van der Waals surface area contributed by atoms with Crippen LogP contribution in [-0.2, 0) is 16.3 Å². The maximum atomic E-state index is 13.3. The molecule has 4 rings (SSSR count). The van der Waals surface area contributed by atoms with Crippen LogP contribution in [0.5, 0.6) is 23.0 Å². The largest absolute Gasteiger partial charge is 0.497 e. The van der Waals surface area contributed by atoms with E-state index >= 15 is 0 Å². The summed E-state index contributed by atoms with van der Waals surface area (Å²) in [5, 5.41) is 2.49. The van der Waals surface area contributed by atoms with E-state index in [-0.39, 0.29) is 4.90 Å². The summed E-state index contributed by atoms with van der Waals surface area (Å²) in [6.45, 7) is 1.25. The van der Waals surface area contributed by atoms with Crippen molar-refractivity contribution in [3.8, 4) is 23.0 Å². The lowest BCUT2D eigenvalue weighted by Crippen LogP contribution is -2.39. The minimum Gasteiger partial charge on any atom is -0.497 e. The normalized spacial score (nSPS) is 14.6. The Balaban J connectivity index is 1.43. The van der Waals surface area contributed by atoms with Crippen LogP contribution in [0.1, 0.15) is 24.1 Å². The van der Waals surface area contributed by atoms with Gasteiger partial charge in [0.05, 0.1) is 39.4 Å². The van der Waals surface area contributed by atoms with E-state index < -0.39 is 15.1 Å². The highest BCUT2D eigenvalue weighted by Gasteiger charge is 2.34. The van der Waals surface area contributed by atoms with Crippen LogP contribution in [0.3, 0.4) is 0 Å². The van der Waals surface area contributed by atoms with Gasteiger partial charge in [-0.3, -0.25) is 0 Å². The lowest BCUT2D eigenvalue weighted by atomic mass is 10.1. The summed E-state index contributed by atoms with van der Waals surface area (Å²) >= 11 is 1.58. The predicted molar refractivity (Wildman–Crippen MR) is 136 cm³/mol. The smallest absolute Gasteiger partial charge is 0.185 e.